The molecule has 0 bridgehead atoms. The minimum absolute atomic E-state index is 0.0836. The minimum atomic E-state index is -0.0836. The molecule has 0 N–H and O–H groups in total. The lowest BCUT2D eigenvalue weighted by molar-refractivity contribution is 0.103. The van der Waals surface area contributed by atoms with Crippen molar-refractivity contribution < 1.29 is 4.79 Å². The number of fused-ring (bicyclic) bond motifs is 3. The fourth-order valence-electron chi connectivity index (χ4n) is 3.60. The van der Waals surface area contributed by atoms with Gasteiger partial charge in [0.15, 0.2) is 0 Å². The van der Waals surface area contributed by atoms with Crippen LogP contribution >= 0.6 is 0 Å². The highest BCUT2D eigenvalue weighted by Crippen LogP contribution is 2.30. The molecule has 3 aromatic carbocycles. The summed E-state index contributed by atoms with van der Waals surface area (Å²) < 4.78 is 0. The summed E-state index contributed by atoms with van der Waals surface area (Å²) in [4.78, 5) is 22.3. The summed E-state index contributed by atoms with van der Waals surface area (Å²) in [5, 5.41) is 4.20. The Hall–Kier alpha value is -3.85. The molecule has 0 atom stereocenters. The third kappa shape index (κ3) is 2.74. The summed E-state index contributed by atoms with van der Waals surface area (Å²) in [6, 6.07) is 29.3. The minimum Gasteiger partial charge on any atom is -0.287 e. The molecule has 0 aliphatic heterocycles. The summed E-state index contributed by atoms with van der Waals surface area (Å²) >= 11 is 0. The van der Waals surface area contributed by atoms with Crippen LogP contribution in [0.2, 0.25) is 0 Å². The van der Waals surface area contributed by atoms with E-state index < -0.39 is 0 Å². The van der Waals surface area contributed by atoms with Crippen molar-refractivity contribution in [3.63, 3.8) is 0 Å². The number of carbonyl (C=O) groups excluding carboxylic acids is 1. The SMILES string of the molecule is O=C(c1cccc(-c2ccccn2)n1)c1cc2ccccc2c2ccccc12. The van der Waals surface area contributed by atoms with E-state index in [0.29, 0.717) is 17.0 Å². The highest BCUT2D eigenvalue weighted by molar-refractivity contribution is 6.21. The zero-order valence-electron chi connectivity index (χ0n) is 15.0. The third-order valence-corrected chi connectivity index (χ3v) is 4.92. The zero-order chi connectivity index (χ0) is 18.9. The van der Waals surface area contributed by atoms with Gasteiger partial charge in [-0.1, -0.05) is 60.7 Å². The number of ketones is 1. The van der Waals surface area contributed by atoms with Gasteiger partial charge < -0.3 is 0 Å². The molecule has 0 aliphatic carbocycles. The molecular weight excluding hydrogens is 344 g/mol. The van der Waals surface area contributed by atoms with E-state index in [4.69, 9.17) is 0 Å². The average Bonchev–Trinajstić information content (AvgIpc) is 2.79. The monoisotopic (exact) mass is 360 g/mol. The van der Waals surface area contributed by atoms with E-state index in [-0.39, 0.29) is 5.78 Å². The van der Waals surface area contributed by atoms with E-state index >= 15 is 0 Å². The second kappa shape index (κ2) is 6.71. The van der Waals surface area contributed by atoms with Gasteiger partial charge in [0.25, 0.3) is 0 Å². The summed E-state index contributed by atoms with van der Waals surface area (Å²) in [5.41, 5.74) is 2.53. The predicted octanol–water partition coefficient (Wildman–Crippen LogP) is 5.68. The summed E-state index contributed by atoms with van der Waals surface area (Å²) in [6.45, 7) is 0. The van der Waals surface area contributed by atoms with Crippen LogP contribution in [0.4, 0.5) is 0 Å². The largest absolute Gasteiger partial charge is 0.287 e. The normalized spacial score (nSPS) is 11.0. The number of pyridine rings is 2. The molecule has 5 rings (SSSR count). The molecule has 0 saturated heterocycles. The van der Waals surface area contributed by atoms with Crippen molar-refractivity contribution in [3.05, 3.63) is 108 Å². The second-order valence-electron chi connectivity index (χ2n) is 6.64. The van der Waals surface area contributed by atoms with Gasteiger partial charge in [0.05, 0.1) is 11.4 Å². The van der Waals surface area contributed by atoms with Crippen molar-refractivity contribution in [3.8, 4) is 11.4 Å². The fourth-order valence-corrected chi connectivity index (χ4v) is 3.60. The van der Waals surface area contributed by atoms with Crippen LogP contribution in [0.3, 0.4) is 0 Å². The van der Waals surface area contributed by atoms with Crippen LogP contribution in [-0.2, 0) is 0 Å². The lowest BCUT2D eigenvalue weighted by Gasteiger charge is -2.10. The van der Waals surface area contributed by atoms with Crippen molar-refractivity contribution >= 4 is 27.3 Å². The molecule has 0 spiro atoms. The molecular formula is C25H16N2O. The topological polar surface area (TPSA) is 42.9 Å². The van der Waals surface area contributed by atoms with E-state index in [1.54, 1.807) is 12.3 Å². The Morgan fingerprint density at radius 3 is 2.18 bits per heavy atom. The molecule has 3 heteroatoms. The number of hydrogen-bond donors (Lipinski definition) is 0. The van der Waals surface area contributed by atoms with Gasteiger partial charge in [-0.05, 0) is 51.9 Å². The van der Waals surface area contributed by atoms with Crippen LogP contribution in [0.1, 0.15) is 16.1 Å². The Morgan fingerprint density at radius 1 is 0.643 bits per heavy atom. The molecule has 0 aliphatic rings. The first-order chi connectivity index (χ1) is 13.8. The van der Waals surface area contributed by atoms with Gasteiger partial charge in [-0.15, -0.1) is 0 Å². The molecule has 2 heterocycles. The maximum atomic E-state index is 13.4. The predicted molar refractivity (Wildman–Crippen MR) is 112 cm³/mol. The summed E-state index contributed by atoms with van der Waals surface area (Å²) in [7, 11) is 0. The Morgan fingerprint density at radius 2 is 1.36 bits per heavy atom. The standard InChI is InChI=1S/C25H16N2O/c28-25(24-14-7-13-23(27-24)22-12-5-6-15-26-22)21-16-17-8-1-2-9-18(17)19-10-3-4-11-20(19)21/h1-16H. The molecule has 132 valence electrons. The van der Waals surface area contributed by atoms with Crippen molar-refractivity contribution in [2.45, 2.75) is 0 Å². The van der Waals surface area contributed by atoms with Crippen LogP contribution in [0.5, 0.6) is 0 Å². The number of hydrogen-bond acceptors (Lipinski definition) is 3. The number of benzene rings is 3. The average molecular weight is 360 g/mol. The number of nitrogens with zero attached hydrogens (tertiary/aromatic N) is 2. The van der Waals surface area contributed by atoms with Gasteiger partial charge in [-0.25, -0.2) is 4.98 Å². The lowest BCUT2D eigenvalue weighted by atomic mass is 9.94. The van der Waals surface area contributed by atoms with Crippen LogP contribution in [0.15, 0.2) is 97.2 Å². The molecule has 3 nitrogen and oxygen atoms in total. The Balaban J connectivity index is 1.69. The first-order valence-corrected chi connectivity index (χ1v) is 9.15. The maximum absolute atomic E-state index is 13.4. The van der Waals surface area contributed by atoms with E-state index in [1.807, 2.05) is 72.8 Å². The zero-order valence-corrected chi connectivity index (χ0v) is 15.0. The second-order valence-corrected chi connectivity index (χ2v) is 6.64. The lowest BCUT2D eigenvalue weighted by Crippen LogP contribution is -2.06. The van der Waals surface area contributed by atoms with Gasteiger partial charge in [-0.2, -0.15) is 0 Å². The van der Waals surface area contributed by atoms with Gasteiger partial charge >= 0.3 is 0 Å². The molecule has 0 amide bonds. The van der Waals surface area contributed by atoms with Gasteiger partial charge in [-0.3, -0.25) is 9.78 Å². The molecule has 2 aromatic heterocycles. The van der Waals surface area contributed by atoms with E-state index in [2.05, 4.69) is 22.1 Å². The van der Waals surface area contributed by atoms with Crippen LogP contribution < -0.4 is 0 Å². The number of carbonyl (C=O) groups is 1. The Bertz CT molecular complexity index is 1330. The Kier molecular flexibility index (Phi) is 3.91. The highest BCUT2D eigenvalue weighted by atomic mass is 16.1. The van der Waals surface area contributed by atoms with Crippen LogP contribution in [0.25, 0.3) is 32.9 Å². The van der Waals surface area contributed by atoms with Gasteiger partial charge in [0.1, 0.15) is 5.69 Å². The number of aromatic nitrogens is 2. The molecule has 5 aromatic rings. The number of rotatable bonds is 3. The molecule has 0 fully saturated rings. The quantitative estimate of drug-likeness (QED) is 0.307. The van der Waals surface area contributed by atoms with Gasteiger partial charge in [0, 0.05) is 11.8 Å². The maximum Gasteiger partial charge on any atom is 0.212 e. The first kappa shape index (κ1) is 16.3. The van der Waals surface area contributed by atoms with Crippen LogP contribution in [-0.4, -0.2) is 15.8 Å². The van der Waals surface area contributed by atoms with Crippen molar-refractivity contribution in [1.82, 2.24) is 9.97 Å². The highest BCUT2D eigenvalue weighted by Gasteiger charge is 2.16. The molecule has 28 heavy (non-hydrogen) atoms. The summed E-state index contributed by atoms with van der Waals surface area (Å²) in [5.74, 6) is -0.0836. The van der Waals surface area contributed by atoms with E-state index in [9.17, 15) is 4.79 Å². The molecule has 0 radical (unpaired) electrons. The van der Waals surface area contributed by atoms with Crippen molar-refractivity contribution in [2.24, 2.45) is 0 Å². The van der Waals surface area contributed by atoms with Gasteiger partial charge in [0.2, 0.25) is 5.78 Å². The van der Waals surface area contributed by atoms with E-state index in [0.717, 1.165) is 27.2 Å². The van der Waals surface area contributed by atoms with Crippen molar-refractivity contribution in [2.75, 3.05) is 0 Å². The van der Waals surface area contributed by atoms with Crippen LogP contribution in [0, 0.1) is 0 Å². The fraction of sp³-hybridized carbons (Fsp3) is 0. The smallest absolute Gasteiger partial charge is 0.212 e. The van der Waals surface area contributed by atoms with E-state index in [1.165, 1.54) is 0 Å². The van der Waals surface area contributed by atoms with Crippen molar-refractivity contribution in [1.29, 1.82) is 0 Å². The molecule has 0 unspecified atom stereocenters. The Labute approximate surface area is 162 Å². The first-order valence-electron chi connectivity index (χ1n) is 9.15. The third-order valence-electron chi connectivity index (χ3n) is 4.92. The molecule has 0 saturated carbocycles. The summed E-state index contributed by atoms with van der Waals surface area (Å²) in [6.07, 6.45) is 1.72.